The molecule has 2 fully saturated rings. The van der Waals surface area contributed by atoms with Gasteiger partial charge in [0.25, 0.3) is 25.8 Å². The predicted octanol–water partition coefficient (Wildman–Crippen LogP) is 8.96. The number of carbonyl (C=O) groups excluding carboxylic acids is 1. The Bertz CT molecular complexity index is 3260. The van der Waals surface area contributed by atoms with Crippen LogP contribution in [0.2, 0.25) is 0 Å². The lowest BCUT2D eigenvalue weighted by Crippen LogP contribution is -2.45. The average molecular weight is 1100 g/mol. The first-order chi connectivity index (χ1) is 36.4. The number of aromatic nitrogens is 1. The van der Waals surface area contributed by atoms with Crippen molar-refractivity contribution >= 4 is 48.9 Å². The number of hydrogen-bond acceptors (Lipinski definition) is 11. The van der Waals surface area contributed by atoms with Crippen molar-refractivity contribution in [3.63, 3.8) is 0 Å². The molecule has 6 aromatic rings. The first kappa shape index (κ1) is 56.0. The molecule has 20 heteroatoms. The van der Waals surface area contributed by atoms with Crippen LogP contribution in [0.5, 0.6) is 0 Å². The maximum atomic E-state index is 14.3. The van der Waals surface area contributed by atoms with Gasteiger partial charge >= 0.3 is 5.51 Å². The topological polar surface area (TPSA) is 145 Å². The number of hydrogen-bond donors (Lipinski definition) is 3. The molecule has 0 bridgehead atoms. The zero-order valence-corrected chi connectivity index (χ0v) is 44.9. The summed E-state index contributed by atoms with van der Waals surface area (Å²) in [5.74, 6) is 6.00. The van der Waals surface area contributed by atoms with E-state index in [2.05, 4.69) is 48.9 Å². The minimum absolute atomic E-state index is 0.0500. The summed E-state index contributed by atoms with van der Waals surface area (Å²) < 4.78 is 121. The van der Waals surface area contributed by atoms with Crippen molar-refractivity contribution in [2.45, 2.75) is 46.0 Å². The minimum atomic E-state index is -6.03. The van der Waals surface area contributed by atoms with E-state index in [9.17, 15) is 39.2 Å². The molecule has 2 aliphatic rings. The molecule has 76 heavy (non-hydrogen) atoms. The number of morpholine rings is 1. The highest BCUT2D eigenvalue weighted by Crippen LogP contribution is 2.40. The number of benzene rings is 5. The summed E-state index contributed by atoms with van der Waals surface area (Å²) in [6.45, 7) is 10.2. The molecule has 0 aliphatic carbocycles. The van der Waals surface area contributed by atoms with Gasteiger partial charge in [-0.15, -0.1) is 11.8 Å². The van der Waals surface area contributed by atoms with Gasteiger partial charge in [-0.1, -0.05) is 42.2 Å². The highest BCUT2D eigenvalue weighted by atomic mass is 32.2. The molecule has 3 heterocycles. The number of ether oxygens (including phenoxy) is 1. The Morgan fingerprint density at radius 2 is 1.45 bits per heavy atom. The van der Waals surface area contributed by atoms with E-state index in [-0.39, 0.29) is 23.1 Å². The fourth-order valence-electron chi connectivity index (χ4n) is 9.13. The molecule has 5 aromatic carbocycles. The van der Waals surface area contributed by atoms with E-state index < -0.39 is 41.2 Å². The number of piperazine rings is 1. The van der Waals surface area contributed by atoms with E-state index in [1.165, 1.54) is 36.0 Å². The number of thioether (sulfide) groups is 1. The van der Waals surface area contributed by atoms with Crippen molar-refractivity contribution in [2.75, 3.05) is 95.0 Å². The first-order valence-electron chi connectivity index (χ1n) is 25.0. The summed E-state index contributed by atoms with van der Waals surface area (Å²) in [5, 5.41) is 6.17. The number of sulfonamides is 1. The molecule has 13 nitrogen and oxygen atoms in total. The summed E-state index contributed by atoms with van der Waals surface area (Å²) in [6, 6.07) is 31.1. The van der Waals surface area contributed by atoms with Crippen molar-refractivity contribution in [1.29, 1.82) is 0 Å². The maximum absolute atomic E-state index is 14.3. The van der Waals surface area contributed by atoms with Crippen molar-refractivity contribution in [1.82, 2.24) is 24.6 Å². The molecule has 1 aromatic heterocycles. The van der Waals surface area contributed by atoms with Gasteiger partial charge in [0.15, 0.2) is 0 Å². The Morgan fingerprint density at radius 1 is 0.763 bits per heavy atom. The summed E-state index contributed by atoms with van der Waals surface area (Å²) in [5.41, 5.74) is -0.897. The molecule has 2 aliphatic heterocycles. The second kappa shape index (κ2) is 24.9. The number of nitrogens with one attached hydrogen (secondary N) is 3. The van der Waals surface area contributed by atoms with E-state index in [0.717, 1.165) is 73.1 Å². The van der Waals surface area contributed by atoms with Crippen LogP contribution in [-0.4, -0.2) is 138 Å². The number of sulfone groups is 1. The lowest BCUT2D eigenvalue weighted by Gasteiger charge is -2.32. The zero-order valence-electron chi connectivity index (χ0n) is 42.5. The van der Waals surface area contributed by atoms with Crippen molar-refractivity contribution in [3.05, 3.63) is 150 Å². The van der Waals surface area contributed by atoms with E-state index in [1.54, 1.807) is 24.3 Å². The van der Waals surface area contributed by atoms with E-state index in [4.69, 9.17) is 4.74 Å². The third-order valence-corrected chi connectivity index (χ3v) is 17.6. The zero-order chi connectivity index (χ0) is 54.0. The maximum Gasteiger partial charge on any atom is 0.501 e. The standard InChI is InChI=1S/C56H61F4N7O6S3/c1-40-52(55(68)61-26-8-27-66-31-29-64(2)30-32-66)53(54(65(40)3)43-17-19-45(57)20-18-43)44-10-7-9-42(37-44)14-13-41-15-21-46(22-16-41)63-76(71,72)49-23-24-50(51(38-49)75(69,70)56(58,59)60)62-47(25-28-67-33-35-73-36-34-67)39-74-48-11-5-4-6-12-48/h4-7,9-12,15-24,37-38,47,62-63H,8,25-36,39H2,1-3H3,(H,61,68)/t47-/m1/s1. The van der Waals surface area contributed by atoms with Gasteiger partial charge in [0, 0.05) is 104 Å². The van der Waals surface area contributed by atoms with Gasteiger partial charge in [0.05, 0.1) is 35.1 Å². The lowest BCUT2D eigenvalue weighted by atomic mass is 9.95. The molecule has 0 unspecified atom stereocenters. The number of alkyl halides is 3. The first-order valence-corrected chi connectivity index (χ1v) is 28.9. The van der Waals surface area contributed by atoms with E-state index >= 15 is 0 Å². The van der Waals surface area contributed by atoms with Crippen LogP contribution in [0.4, 0.5) is 28.9 Å². The summed E-state index contributed by atoms with van der Waals surface area (Å²) in [6.07, 6.45) is 1.24. The van der Waals surface area contributed by atoms with Crippen molar-refractivity contribution in [2.24, 2.45) is 7.05 Å². The second-order valence-electron chi connectivity index (χ2n) is 18.8. The van der Waals surface area contributed by atoms with Crippen LogP contribution in [0.15, 0.2) is 136 Å². The van der Waals surface area contributed by atoms with Gasteiger partial charge < -0.3 is 29.7 Å². The van der Waals surface area contributed by atoms with Gasteiger partial charge in [-0.3, -0.25) is 14.4 Å². The predicted molar refractivity (Wildman–Crippen MR) is 291 cm³/mol. The third-order valence-electron chi connectivity index (χ3n) is 13.5. The molecular formula is C56H61F4N7O6S3. The largest absolute Gasteiger partial charge is 0.501 e. The molecule has 2 saturated heterocycles. The number of carbonyl (C=O) groups is 1. The van der Waals surface area contributed by atoms with Crippen molar-refractivity contribution < 1.29 is 43.9 Å². The van der Waals surface area contributed by atoms with E-state index in [1.807, 2.05) is 73.1 Å². The highest BCUT2D eigenvalue weighted by Gasteiger charge is 2.48. The Kier molecular flexibility index (Phi) is 18.3. The van der Waals surface area contributed by atoms with Gasteiger partial charge in [0.2, 0.25) is 0 Å². The smallest absolute Gasteiger partial charge is 0.380 e. The number of anilines is 2. The highest BCUT2D eigenvalue weighted by molar-refractivity contribution is 7.99. The number of halogens is 4. The Balaban J connectivity index is 1.00. The Labute approximate surface area is 447 Å². The normalized spacial score (nSPS) is 15.4. The minimum Gasteiger partial charge on any atom is -0.380 e. The van der Waals surface area contributed by atoms with E-state index in [0.29, 0.717) is 85.5 Å². The molecule has 1 atom stereocenters. The van der Waals surface area contributed by atoms with Crippen LogP contribution in [0.3, 0.4) is 0 Å². The molecule has 0 radical (unpaired) electrons. The van der Waals surface area contributed by atoms with Crippen LogP contribution in [0.25, 0.3) is 22.4 Å². The van der Waals surface area contributed by atoms with Gasteiger partial charge in [-0.2, -0.15) is 13.2 Å². The number of likely N-dealkylation sites (N-methyl/N-ethyl adjacent to an activating group) is 1. The molecule has 3 N–H and O–H groups in total. The summed E-state index contributed by atoms with van der Waals surface area (Å²) in [4.78, 5) is 20.0. The quantitative estimate of drug-likeness (QED) is 0.0310. The summed E-state index contributed by atoms with van der Waals surface area (Å²) >= 11 is 1.46. The molecule has 402 valence electrons. The Hall–Kier alpha value is -6.18. The van der Waals surface area contributed by atoms with Crippen LogP contribution < -0.4 is 15.4 Å². The second-order valence-corrected chi connectivity index (χ2v) is 23.5. The third kappa shape index (κ3) is 14.0. The van der Waals surface area contributed by atoms with Crippen LogP contribution in [-0.2, 0) is 31.6 Å². The fraction of sp³-hybridized carbons (Fsp3) is 0.339. The van der Waals surface area contributed by atoms with Crippen molar-refractivity contribution in [3.8, 4) is 34.2 Å². The van der Waals surface area contributed by atoms with Gasteiger partial charge in [-0.05, 0) is 135 Å². The molecular weight excluding hydrogens is 1040 g/mol. The molecule has 0 saturated carbocycles. The van der Waals surface area contributed by atoms with Gasteiger partial charge in [0.1, 0.15) is 10.7 Å². The fourth-order valence-corrected chi connectivity index (χ4v) is 12.2. The number of amides is 1. The van der Waals surface area contributed by atoms with Crippen LogP contribution in [0, 0.1) is 24.6 Å². The SMILES string of the molecule is Cc1c(C(=O)NCCCN2CCN(C)CC2)c(-c2cccc(C#Cc3ccc(NS(=O)(=O)c4ccc(N[C@H](CCN5CCOCC5)CSc5ccccc5)c(S(=O)(=O)C(F)(F)F)c4)cc3)c2)c(-c2ccc(F)cc2)n1C. The van der Waals surface area contributed by atoms with Crippen LogP contribution >= 0.6 is 11.8 Å². The van der Waals surface area contributed by atoms with Gasteiger partial charge in [-0.25, -0.2) is 21.2 Å². The number of nitrogens with zero attached hydrogens (tertiary/aromatic N) is 4. The van der Waals surface area contributed by atoms with Crippen LogP contribution in [0.1, 0.15) is 40.0 Å². The molecule has 1 amide bonds. The monoisotopic (exact) mass is 1100 g/mol. The number of rotatable bonds is 19. The lowest BCUT2D eigenvalue weighted by molar-refractivity contribution is -0.0435. The Morgan fingerprint density at radius 3 is 2.14 bits per heavy atom. The average Bonchev–Trinajstić information content (AvgIpc) is 3.71. The molecule has 0 spiro atoms. The summed E-state index contributed by atoms with van der Waals surface area (Å²) in [7, 11) is -6.68. The molecule has 8 rings (SSSR count).